The molecule has 16 heavy (non-hydrogen) atoms. The minimum Gasteiger partial charge on any atom is -0.390 e. The van der Waals surface area contributed by atoms with Crippen LogP contribution in [0.2, 0.25) is 0 Å². The van der Waals surface area contributed by atoms with Crippen LogP contribution in [0.1, 0.15) is 18.1 Å². The van der Waals surface area contributed by atoms with Crippen LogP contribution in [0.3, 0.4) is 0 Å². The summed E-state index contributed by atoms with van der Waals surface area (Å²) in [5, 5.41) is 18.8. The van der Waals surface area contributed by atoms with Crippen molar-refractivity contribution in [2.45, 2.75) is 18.6 Å². The van der Waals surface area contributed by atoms with Crippen LogP contribution >= 0.6 is 11.6 Å². The summed E-state index contributed by atoms with van der Waals surface area (Å²) in [7, 11) is 0. The normalized spacial score (nSPS) is 14.9. The summed E-state index contributed by atoms with van der Waals surface area (Å²) in [6.45, 7) is 0. The van der Waals surface area contributed by atoms with Crippen molar-refractivity contribution in [3.05, 3.63) is 35.1 Å². The first kappa shape index (κ1) is 13.3. The first-order valence-corrected chi connectivity index (χ1v) is 5.07. The summed E-state index contributed by atoms with van der Waals surface area (Å²) in [5.74, 6) is -3.77. The highest BCUT2D eigenvalue weighted by atomic mass is 35.5. The average molecular weight is 255 g/mol. The van der Waals surface area contributed by atoms with E-state index in [-0.39, 0.29) is 12.3 Å². The highest BCUT2D eigenvalue weighted by Crippen LogP contribution is 2.24. The van der Waals surface area contributed by atoms with E-state index in [9.17, 15) is 23.4 Å². The van der Waals surface area contributed by atoms with E-state index in [4.69, 9.17) is 11.6 Å². The van der Waals surface area contributed by atoms with E-state index >= 15 is 0 Å². The minimum atomic E-state index is -1.70. The molecule has 1 aromatic rings. The van der Waals surface area contributed by atoms with Crippen molar-refractivity contribution in [1.82, 2.24) is 0 Å². The Hall–Kier alpha value is -0.780. The van der Waals surface area contributed by atoms with Crippen LogP contribution in [0.5, 0.6) is 0 Å². The van der Waals surface area contributed by atoms with E-state index in [0.29, 0.717) is 12.1 Å². The molecule has 0 spiro atoms. The molecule has 2 atom stereocenters. The monoisotopic (exact) mass is 254 g/mol. The molecule has 0 saturated carbocycles. The van der Waals surface area contributed by atoms with E-state index in [0.717, 1.165) is 0 Å². The van der Waals surface area contributed by atoms with Crippen LogP contribution < -0.4 is 0 Å². The van der Waals surface area contributed by atoms with Crippen LogP contribution in [0.15, 0.2) is 12.1 Å². The Bertz CT molecular complexity index is 373. The first-order valence-electron chi connectivity index (χ1n) is 4.54. The van der Waals surface area contributed by atoms with Gasteiger partial charge in [-0.05, 0) is 12.5 Å². The second-order valence-electron chi connectivity index (χ2n) is 3.28. The third-order valence-corrected chi connectivity index (χ3v) is 2.33. The molecule has 0 amide bonds. The van der Waals surface area contributed by atoms with Gasteiger partial charge in [0.1, 0.15) is 11.9 Å². The number of hydrogen-bond donors (Lipinski definition) is 2. The van der Waals surface area contributed by atoms with Crippen LogP contribution in [0, 0.1) is 17.5 Å². The summed E-state index contributed by atoms with van der Waals surface area (Å²) in [4.78, 5) is 0. The topological polar surface area (TPSA) is 40.5 Å². The number of alkyl halides is 1. The smallest absolute Gasteiger partial charge is 0.164 e. The van der Waals surface area contributed by atoms with E-state index in [2.05, 4.69) is 0 Å². The molecule has 1 rings (SSSR count). The van der Waals surface area contributed by atoms with Gasteiger partial charge in [0.2, 0.25) is 0 Å². The summed E-state index contributed by atoms with van der Waals surface area (Å²) in [6, 6.07) is 1.00. The van der Waals surface area contributed by atoms with Gasteiger partial charge in [0.25, 0.3) is 0 Å². The molecule has 1 aromatic carbocycles. The number of hydrogen-bond acceptors (Lipinski definition) is 2. The molecule has 0 saturated heterocycles. The standard InChI is InChI=1S/C10H10ClF3O2/c11-2-1-8(15)10(16)6-3-5(12)4-7(13)9(6)14/h3-4,8,10,15-16H,1-2H2. The molecule has 0 heterocycles. The Morgan fingerprint density at radius 1 is 1.19 bits per heavy atom. The van der Waals surface area contributed by atoms with Crippen molar-refractivity contribution in [3.63, 3.8) is 0 Å². The summed E-state index contributed by atoms with van der Waals surface area (Å²) in [5.41, 5.74) is -0.616. The van der Waals surface area contributed by atoms with Gasteiger partial charge >= 0.3 is 0 Å². The molecule has 90 valence electrons. The van der Waals surface area contributed by atoms with E-state index in [1.807, 2.05) is 0 Å². The van der Waals surface area contributed by atoms with Gasteiger partial charge in [-0.15, -0.1) is 11.6 Å². The Kier molecular flexibility index (Phi) is 4.58. The first-order chi connectivity index (χ1) is 7.47. The zero-order chi connectivity index (χ0) is 12.3. The van der Waals surface area contributed by atoms with Gasteiger partial charge in [-0.2, -0.15) is 0 Å². The number of aliphatic hydroxyl groups excluding tert-OH is 2. The van der Waals surface area contributed by atoms with Gasteiger partial charge in [0.15, 0.2) is 11.6 Å². The van der Waals surface area contributed by atoms with Gasteiger partial charge in [0, 0.05) is 17.5 Å². The summed E-state index contributed by atoms with van der Waals surface area (Å²) >= 11 is 5.32. The lowest BCUT2D eigenvalue weighted by Gasteiger charge is -2.17. The molecule has 0 aliphatic carbocycles. The van der Waals surface area contributed by atoms with Crippen molar-refractivity contribution >= 4 is 11.6 Å². The molecular formula is C10H10ClF3O2. The fraction of sp³-hybridized carbons (Fsp3) is 0.400. The zero-order valence-corrected chi connectivity index (χ0v) is 8.89. The maximum absolute atomic E-state index is 13.2. The molecule has 0 aromatic heterocycles. The summed E-state index contributed by atoms with van der Waals surface area (Å²) < 4.78 is 38.8. The number of aliphatic hydroxyl groups is 2. The zero-order valence-electron chi connectivity index (χ0n) is 8.13. The van der Waals surface area contributed by atoms with Crippen molar-refractivity contribution in [2.24, 2.45) is 0 Å². The lowest BCUT2D eigenvalue weighted by atomic mass is 10.0. The molecule has 2 N–H and O–H groups in total. The highest BCUT2D eigenvalue weighted by molar-refractivity contribution is 6.17. The molecule has 0 bridgehead atoms. The van der Waals surface area contributed by atoms with Gasteiger partial charge in [-0.25, -0.2) is 13.2 Å². The minimum absolute atomic E-state index is 0.0136. The van der Waals surface area contributed by atoms with Crippen molar-refractivity contribution < 1.29 is 23.4 Å². The van der Waals surface area contributed by atoms with Crippen LogP contribution in [0.25, 0.3) is 0 Å². The Balaban J connectivity index is 3.03. The fourth-order valence-corrected chi connectivity index (χ4v) is 1.49. The second-order valence-corrected chi connectivity index (χ2v) is 3.66. The predicted octanol–water partition coefficient (Wildman–Crippen LogP) is 2.13. The van der Waals surface area contributed by atoms with E-state index in [1.165, 1.54) is 0 Å². The largest absolute Gasteiger partial charge is 0.390 e. The lowest BCUT2D eigenvalue weighted by Crippen LogP contribution is -2.20. The Morgan fingerprint density at radius 2 is 1.81 bits per heavy atom. The molecule has 0 aliphatic rings. The molecule has 2 unspecified atom stereocenters. The van der Waals surface area contributed by atoms with Crippen LogP contribution in [-0.2, 0) is 0 Å². The van der Waals surface area contributed by atoms with Crippen molar-refractivity contribution in [1.29, 1.82) is 0 Å². The molecule has 2 nitrogen and oxygen atoms in total. The summed E-state index contributed by atoms with van der Waals surface area (Å²) in [6.07, 6.45) is -3.09. The lowest BCUT2D eigenvalue weighted by molar-refractivity contribution is 0.0143. The van der Waals surface area contributed by atoms with Crippen LogP contribution in [0.4, 0.5) is 13.2 Å². The van der Waals surface area contributed by atoms with Gasteiger partial charge in [-0.3, -0.25) is 0 Å². The Labute approximate surface area is 95.3 Å². The van der Waals surface area contributed by atoms with Gasteiger partial charge in [0.05, 0.1) is 6.10 Å². The quantitative estimate of drug-likeness (QED) is 0.638. The second kappa shape index (κ2) is 5.52. The van der Waals surface area contributed by atoms with E-state index < -0.39 is 35.2 Å². The van der Waals surface area contributed by atoms with Gasteiger partial charge in [-0.1, -0.05) is 0 Å². The molecule has 0 radical (unpaired) electrons. The maximum atomic E-state index is 13.2. The highest BCUT2D eigenvalue weighted by Gasteiger charge is 2.23. The number of rotatable bonds is 4. The fourth-order valence-electron chi connectivity index (χ4n) is 1.27. The predicted molar refractivity (Wildman–Crippen MR) is 52.6 cm³/mol. The number of halogens is 4. The van der Waals surface area contributed by atoms with Gasteiger partial charge < -0.3 is 10.2 Å². The Morgan fingerprint density at radius 3 is 2.38 bits per heavy atom. The molecule has 6 heteroatoms. The average Bonchev–Trinajstić information content (AvgIpc) is 2.22. The SMILES string of the molecule is OC(CCCl)C(O)c1cc(F)cc(F)c1F. The third kappa shape index (κ3) is 2.87. The van der Waals surface area contributed by atoms with Crippen LogP contribution in [-0.4, -0.2) is 22.2 Å². The molecule has 0 fully saturated rings. The van der Waals surface area contributed by atoms with Crippen molar-refractivity contribution in [2.75, 3.05) is 5.88 Å². The molecule has 0 aliphatic heterocycles. The number of benzene rings is 1. The maximum Gasteiger partial charge on any atom is 0.164 e. The van der Waals surface area contributed by atoms with Crippen molar-refractivity contribution in [3.8, 4) is 0 Å². The molecular weight excluding hydrogens is 245 g/mol. The third-order valence-electron chi connectivity index (χ3n) is 2.11. The van der Waals surface area contributed by atoms with E-state index in [1.54, 1.807) is 0 Å².